The van der Waals surface area contributed by atoms with Crippen molar-refractivity contribution >= 4 is 91.0 Å². The molecule has 0 saturated carbocycles. The highest BCUT2D eigenvalue weighted by Gasteiger charge is 2.32. The van der Waals surface area contributed by atoms with E-state index >= 15 is 0 Å². The first-order valence-corrected chi connectivity index (χ1v) is 23.5. The van der Waals surface area contributed by atoms with Gasteiger partial charge in [-0.2, -0.15) is 8.42 Å². The minimum atomic E-state index is -4.51. The molecule has 0 unspecified atom stereocenters. The van der Waals surface area contributed by atoms with Gasteiger partial charge < -0.3 is 34.1 Å². The Labute approximate surface area is 374 Å². The summed E-state index contributed by atoms with van der Waals surface area (Å²) in [5.74, 6) is 0.580. The van der Waals surface area contributed by atoms with Gasteiger partial charge in [0, 0.05) is 54.4 Å². The van der Waals surface area contributed by atoms with Crippen LogP contribution in [0.1, 0.15) is 44.7 Å². The monoisotopic (exact) mass is 947 g/mol. The topological polar surface area (TPSA) is 144 Å². The van der Waals surface area contributed by atoms with E-state index in [2.05, 4.69) is 15.5 Å². The third-order valence-corrected chi connectivity index (χ3v) is 14.7. The van der Waals surface area contributed by atoms with Crippen LogP contribution in [0, 0.1) is 0 Å². The number of nitrogens with zero attached hydrogens (tertiary/aromatic N) is 3. The summed E-state index contributed by atoms with van der Waals surface area (Å²) in [5.41, 5.74) is 5.21. The Bertz CT molecular complexity index is 2740. The average Bonchev–Trinajstić information content (AvgIpc) is 3.96. The third-order valence-electron chi connectivity index (χ3n) is 10.3. The molecular formula is C41H37Cl4N5O7S3. The molecular weight excluding hydrogens is 912 g/mol. The SMILES string of the molecule is CN(CCCNC(=O)c1cn(-c2ccc(Cl)cc2Cl)c2c1CCOc1ccsc1-2)CCCNC(=O)c1cn(-c2ccc(Cl)cc2Cl)c2c1CCOc1cc(S(=O)(=O)O)sc1-2. The van der Waals surface area contributed by atoms with Crippen LogP contribution in [-0.4, -0.2) is 85.3 Å². The van der Waals surface area contributed by atoms with E-state index in [0.29, 0.717) is 112 Å². The summed E-state index contributed by atoms with van der Waals surface area (Å²) in [5, 5.41) is 9.85. The van der Waals surface area contributed by atoms with Gasteiger partial charge in [0.1, 0.15) is 11.5 Å². The molecule has 0 aliphatic carbocycles. The van der Waals surface area contributed by atoms with E-state index < -0.39 is 10.1 Å². The summed E-state index contributed by atoms with van der Waals surface area (Å²) < 4.78 is 49.3. The zero-order valence-corrected chi connectivity index (χ0v) is 37.4. The Balaban J connectivity index is 0.890. The van der Waals surface area contributed by atoms with Gasteiger partial charge in [-0.05, 0) is 92.0 Å². The van der Waals surface area contributed by atoms with Crippen LogP contribution >= 0.6 is 69.1 Å². The second kappa shape index (κ2) is 17.8. The van der Waals surface area contributed by atoms with Crippen molar-refractivity contribution < 1.29 is 32.0 Å². The molecule has 3 N–H and O–H groups in total. The number of fused-ring (bicyclic) bond motifs is 6. The van der Waals surface area contributed by atoms with E-state index in [-0.39, 0.29) is 28.4 Å². The highest BCUT2D eigenvalue weighted by Crippen LogP contribution is 2.47. The zero-order chi connectivity index (χ0) is 42.3. The molecule has 314 valence electrons. The van der Waals surface area contributed by atoms with Crippen molar-refractivity contribution in [1.29, 1.82) is 0 Å². The molecule has 6 heterocycles. The van der Waals surface area contributed by atoms with Crippen LogP contribution in [-0.2, 0) is 23.0 Å². The van der Waals surface area contributed by atoms with E-state index in [9.17, 15) is 22.6 Å². The maximum Gasteiger partial charge on any atom is 0.304 e. The van der Waals surface area contributed by atoms with Crippen molar-refractivity contribution in [2.24, 2.45) is 0 Å². The Morgan fingerprint density at radius 3 is 1.80 bits per heavy atom. The minimum absolute atomic E-state index is 0.175. The fourth-order valence-corrected chi connectivity index (χ4v) is 11.2. The summed E-state index contributed by atoms with van der Waals surface area (Å²) in [6.07, 6.45) is 5.82. The zero-order valence-electron chi connectivity index (χ0n) is 31.9. The van der Waals surface area contributed by atoms with Crippen molar-refractivity contribution in [1.82, 2.24) is 24.7 Å². The highest BCUT2D eigenvalue weighted by atomic mass is 35.5. The molecule has 2 aromatic carbocycles. The summed E-state index contributed by atoms with van der Waals surface area (Å²) >= 11 is 28.1. The molecule has 2 aliphatic heterocycles. The van der Waals surface area contributed by atoms with Gasteiger partial charge in [0.15, 0.2) is 4.21 Å². The van der Waals surface area contributed by atoms with E-state index in [1.165, 1.54) is 6.07 Å². The molecule has 8 rings (SSSR count). The van der Waals surface area contributed by atoms with Gasteiger partial charge in [-0.15, -0.1) is 22.7 Å². The highest BCUT2D eigenvalue weighted by molar-refractivity contribution is 7.88. The van der Waals surface area contributed by atoms with Crippen molar-refractivity contribution in [2.45, 2.75) is 29.9 Å². The van der Waals surface area contributed by atoms with Crippen molar-refractivity contribution in [3.63, 3.8) is 0 Å². The first-order chi connectivity index (χ1) is 28.8. The number of ether oxygens (including phenoxy) is 2. The third kappa shape index (κ3) is 8.69. The molecule has 6 aromatic rings. The molecule has 0 saturated heterocycles. The molecule has 0 fully saturated rings. The number of carbonyl (C=O) groups excluding carboxylic acids is 2. The van der Waals surface area contributed by atoms with Gasteiger partial charge in [0.25, 0.3) is 11.8 Å². The van der Waals surface area contributed by atoms with Gasteiger partial charge in [-0.25, -0.2) is 0 Å². The summed E-state index contributed by atoms with van der Waals surface area (Å²) in [4.78, 5) is 31.0. The Morgan fingerprint density at radius 2 is 1.28 bits per heavy atom. The number of aromatic nitrogens is 2. The van der Waals surface area contributed by atoms with Crippen LogP contribution in [0.4, 0.5) is 0 Å². The summed E-state index contributed by atoms with van der Waals surface area (Å²) in [7, 11) is -2.51. The van der Waals surface area contributed by atoms with E-state index in [0.717, 1.165) is 38.9 Å². The predicted molar refractivity (Wildman–Crippen MR) is 238 cm³/mol. The fraction of sp³-hybridized carbons (Fsp3) is 0.268. The number of thiophene rings is 2. The molecule has 2 aliphatic rings. The largest absolute Gasteiger partial charge is 0.492 e. The van der Waals surface area contributed by atoms with Gasteiger partial charge in [-0.1, -0.05) is 46.4 Å². The van der Waals surface area contributed by atoms with Crippen LogP contribution in [0.5, 0.6) is 11.5 Å². The van der Waals surface area contributed by atoms with Crippen LogP contribution in [0.25, 0.3) is 32.5 Å². The number of rotatable bonds is 13. The summed E-state index contributed by atoms with van der Waals surface area (Å²) in [6, 6.07) is 13.5. The van der Waals surface area contributed by atoms with Gasteiger partial charge in [0.2, 0.25) is 0 Å². The average molecular weight is 950 g/mol. The normalized spacial score (nSPS) is 13.3. The van der Waals surface area contributed by atoms with Crippen LogP contribution in [0.2, 0.25) is 20.1 Å². The fourth-order valence-electron chi connectivity index (χ4n) is 7.48. The standard InChI is InChI=1S/C41H37Cl4N5O7S3/c1-48(13-2-11-46-40(51)27-21-49(31-6-4-23(42)18-29(31)44)36-25(27)8-15-56-33-10-17-58-38(33)36)14-3-12-47-41(52)28-22-50(32-7-5-24(43)19-30(32)45)37-26(28)9-16-57-34-20-35(59-39(34)37)60(53,54)55/h4-7,10,17-22H,2-3,8-9,11-16H2,1H3,(H,46,51)(H,47,52)(H,53,54,55). The molecule has 0 bridgehead atoms. The number of amides is 2. The molecule has 19 heteroatoms. The Kier molecular flexibility index (Phi) is 12.6. The van der Waals surface area contributed by atoms with Crippen molar-refractivity contribution in [2.75, 3.05) is 46.4 Å². The number of hydrogen-bond donors (Lipinski definition) is 3. The second-order valence-electron chi connectivity index (χ2n) is 14.2. The lowest BCUT2D eigenvalue weighted by Crippen LogP contribution is -2.31. The van der Waals surface area contributed by atoms with Crippen molar-refractivity contribution in [3.05, 3.63) is 109 Å². The lowest BCUT2D eigenvalue weighted by molar-refractivity contribution is 0.0944. The maximum atomic E-state index is 13.8. The molecule has 2 amide bonds. The van der Waals surface area contributed by atoms with Crippen LogP contribution in [0.3, 0.4) is 0 Å². The molecule has 12 nitrogen and oxygen atoms in total. The number of halogens is 4. The predicted octanol–water partition coefficient (Wildman–Crippen LogP) is 9.33. The van der Waals surface area contributed by atoms with Crippen LogP contribution < -0.4 is 20.1 Å². The molecule has 0 radical (unpaired) electrons. The van der Waals surface area contributed by atoms with Crippen molar-refractivity contribution in [3.8, 4) is 44.0 Å². The molecule has 0 spiro atoms. The molecule has 60 heavy (non-hydrogen) atoms. The van der Waals surface area contributed by atoms with Gasteiger partial charge in [-0.3, -0.25) is 14.1 Å². The second-order valence-corrected chi connectivity index (χ2v) is 19.5. The molecule has 4 aromatic heterocycles. The number of carbonyl (C=O) groups is 2. The first kappa shape index (κ1) is 42.7. The van der Waals surface area contributed by atoms with Crippen LogP contribution in [0.15, 0.2) is 70.5 Å². The molecule has 0 atom stereocenters. The Hall–Kier alpha value is -4.03. The minimum Gasteiger partial charge on any atom is -0.492 e. The number of benzene rings is 2. The van der Waals surface area contributed by atoms with E-state index in [1.807, 2.05) is 35.3 Å². The summed E-state index contributed by atoms with van der Waals surface area (Å²) in [6.45, 7) is 2.89. The van der Waals surface area contributed by atoms with E-state index in [1.54, 1.807) is 52.4 Å². The van der Waals surface area contributed by atoms with E-state index in [4.69, 9.17) is 55.9 Å². The number of nitrogens with one attached hydrogen (secondary N) is 2. The number of hydrogen-bond acceptors (Lipinski definition) is 9. The maximum absolute atomic E-state index is 13.8. The first-order valence-electron chi connectivity index (χ1n) is 18.9. The lowest BCUT2D eigenvalue weighted by Gasteiger charge is -2.17. The Morgan fingerprint density at radius 1 is 0.767 bits per heavy atom. The van der Waals surface area contributed by atoms with Gasteiger partial charge in [0.05, 0.1) is 66.9 Å². The van der Waals surface area contributed by atoms with Gasteiger partial charge >= 0.3 is 10.1 Å². The smallest absolute Gasteiger partial charge is 0.304 e. The quantitative estimate of drug-likeness (QED) is 0.0768. The lowest BCUT2D eigenvalue weighted by atomic mass is 10.1.